The number of rotatable bonds is 8. The summed E-state index contributed by atoms with van der Waals surface area (Å²) in [4.78, 5) is 14.5. The lowest BCUT2D eigenvalue weighted by Crippen LogP contribution is -2.39. The lowest BCUT2D eigenvalue weighted by molar-refractivity contribution is 0.0938. The highest BCUT2D eigenvalue weighted by molar-refractivity contribution is 5.91. The highest BCUT2D eigenvalue weighted by atomic mass is 16.5. The van der Waals surface area contributed by atoms with Crippen molar-refractivity contribution in [3.05, 3.63) is 35.7 Å². The summed E-state index contributed by atoms with van der Waals surface area (Å²) in [5.41, 5.74) is 1.26. The molecule has 0 saturated carbocycles. The Labute approximate surface area is 171 Å². The number of carbonyl (C=O) groups is 1. The van der Waals surface area contributed by atoms with Crippen LogP contribution in [0.3, 0.4) is 0 Å². The van der Waals surface area contributed by atoms with Crippen molar-refractivity contribution >= 4 is 5.91 Å². The molecular weight excluding hydrogens is 370 g/mol. The second-order valence-electron chi connectivity index (χ2n) is 7.90. The molecule has 1 amide bonds. The lowest BCUT2D eigenvalue weighted by Gasteiger charge is -2.36. The van der Waals surface area contributed by atoms with E-state index < -0.39 is 0 Å². The molecule has 0 radical (unpaired) electrons. The van der Waals surface area contributed by atoms with Gasteiger partial charge in [0.05, 0.1) is 13.3 Å². The van der Waals surface area contributed by atoms with E-state index in [4.69, 9.17) is 4.74 Å². The van der Waals surface area contributed by atoms with Gasteiger partial charge in [0.2, 0.25) is 0 Å². The third-order valence-electron chi connectivity index (χ3n) is 5.30. The number of phenols is 1. The second-order valence-corrected chi connectivity index (χ2v) is 7.90. The van der Waals surface area contributed by atoms with Crippen LogP contribution in [0.2, 0.25) is 0 Å². The van der Waals surface area contributed by atoms with Crippen LogP contribution in [0.1, 0.15) is 55.6 Å². The molecule has 158 valence electrons. The molecule has 29 heavy (non-hydrogen) atoms. The van der Waals surface area contributed by atoms with Gasteiger partial charge < -0.3 is 15.2 Å². The first-order valence-corrected chi connectivity index (χ1v) is 10.3. The number of aromatic hydroxyl groups is 1. The van der Waals surface area contributed by atoms with Crippen molar-refractivity contribution in [2.45, 2.75) is 64.7 Å². The molecule has 1 fully saturated rings. The fourth-order valence-corrected chi connectivity index (χ4v) is 3.75. The summed E-state index contributed by atoms with van der Waals surface area (Å²) in [5.74, 6) is 0.733. The van der Waals surface area contributed by atoms with Gasteiger partial charge in [-0.25, -0.2) is 0 Å². The fraction of sp³-hybridized carbons (Fsp3) is 0.571. The zero-order valence-corrected chi connectivity index (χ0v) is 17.5. The molecule has 0 spiro atoms. The number of piperidine rings is 1. The molecule has 1 atom stereocenters. The summed E-state index contributed by atoms with van der Waals surface area (Å²) < 4.78 is 6.91. The van der Waals surface area contributed by atoms with Gasteiger partial charge in [0, 0.05) is 36.8 Å². The van der Waals surface area contributed by atoms with Gasteiger partial charge in [0.15, 0.2) is 5.69 Å². The first-order valence-electron chi connectivity index (χ1n) is 10.3. The minimum absolute atomic E-state index is 0.0674. The Kier molecular flexibility index (Phi) is 7.09. The average molecular weight is 402 g/mol. The number of phenolic OH excluding ortho intramolecular Hbond substituents is 1. The van der Waals surface area contributed by atoms with E-state index in [1.165, 1.54) is 6.42 Å². The van der Waals surface area contributed by atoms with Crippen LogP contribution in [-0.2, 0) is 13.1 Å². The van der Waals surface area contributed by atoms with Crippen LogP contribution < -0.4 is 10.1 Å². The number of likely N-dealkylation sites (tertiary alicyclic amines) is 1. The summed E-state index contributed by atoms with van der Waals surface area (Å²) in [6.45, 7) is 6.26. The van der Waals surface area contributed by atoms with E-state index >= 15 is 0 Å². The SMILES string of the molecule is COc1ccc(CN2CCCC[C@H]2CCn2cc(C(=O)NC(C)C)nn2)c(O)c1. The van der Waals surface area contributed by atoms with Crippen LogP contribution in [0.25, 0.3) is 0 Å². The molecule has 2 aromatic rings. The Morgan fingerprint density at radius 1 is 1.38 bits per heavy atom. The van der Waals surface area contributed by atoms with Gasteiger partial charge in [-0.2, -0.15) is 0 Å². The number of carbonyl (C=O) groups excluding carboxylic acids is 1. The Hall–Kier alpha value is -2.61. The van der Waals surface area contributed by atoms with Gasteiger partial charge in [-0.15, -0.1) is 5.10 Å². The van der Waals surface area contributed by atoms with Crippen molar-refractivity contribution < 1.29 is 14.6 Å². The molecule has 0 bridgehead atoms. The number of hydrogen-bond donors (Lipinski definition) is 2. The van der Waals surface area contributed by atoms with Crippen LogP contribution in [0.5, 0.6) is 11.5 Å². The van der Waals surface area contributed by atoms with Gasteiger partial charge in [0.1, 0.15) is 11.5 Å². The summed E-state index contributed by atoms with van der Waals surface area (Å²) in [6.07, 6.45) is 6.11. The van der Waals surface area contributed by atoms with Gasteiger partial charge >= 0.3 is 0 Å². The number of aromatic nitrogens is 3. The van der Waals surface area contributed by atoms with Crippen molar-refractivity contribution in [3.63, 3.8) is 0 Å². The third kappa shape index (κ3) is 5.69. The highest BCUT2D eigenvalue weighted by Gasteiger charge is 2.23. The van der Waals surface area contributed by atoms with Gasteiger partial charge in [-0.1, -0.05) is 17.7 Å². The fourth-order valence-electron chi connectivity index (χ4n) is 3.75. The van der Waals surface area contributed by atoms with Crippen molar-refractivity contribution in [3.8, 4) is 11.5 Å². The molecule has 1 aromatic carbocycles. The first kappa shape index (κ1) is 21.1. The van der Waals surface area contributed by atoms with E-state index in [2.05, 4.69) is 20.5 Å². The van der Waals surface area contributed by atoms with Crippen molar-refractivity contribution in [2.75, 3.05) is 13.7 Å². The second kappa shape index (κ2) is 9.73. The van der Waals surface area contributed by atoms with Gasteiger partial charge in [-0.05, 0) is 45.7 Å². The first-order chi connectivity index (χ1) is 14.0. The number of hydrogen-bond acceptors (Lipinski definition) is 6. The molecule has 0 unspecified atom stereocenters. The maximum atomic E-state index is 12.0. The van der Waals surface area contributed by atoms with Crippen molar-refractivity contribution in [2.24, 2.45) is 0 Å². The Morgan fingerprint density at radius 2 is 2.21 bits per heavy atom. The van der Waals surface area contributed by atoms with Crippen molar-refractivity contribution in [1.82, 2.24) is 25.2 Å². The van der Waals surface area contributed by atoms with E-state index in [1.807, 2.05) is 26.0 Å². The smallest absolute Gasteiger partial charge is 0.273 e. The summed E-state index contributed by atoms with van der Waals surface area (Å²) in [6, 6.07) is 5.94. The Bertz CT molecular complexity index is 820. The van der Waals surface area contributed by atoms with Gasteiger partial charge in [0.25, 0.3) is 5.91 Å². The third-order valence-corrected chi connectivity index (χ3v) is 5.30. The highest BCUT2D eigenvalue weighted by Crippen LogP contribution is 2.28. The number of methoxy groups -OCH3 is 1. The molecule has 0 aliphatic carbocycles. The Balaban J connectivity index is 1.59. The average Bonchev–Trinajstić information content (AvgIpc) is 3.17. The van der Waals surface area contributed by atoms with Crippen LogP contribution in [0, 0.1) is 0 Å². The molecule has 8 nitrogen and oxygen atoms in total. The molecule has 2 heterocycles. The number of benzene rings is 1. The van der Waals surface area contributed by atoms with E-state index in [0.29, 0.717) is 30.6 Å². The number of aryl methyl sites for hydroxylation is 1. The summed E-state index contributed by atoms with van der Waals surface area (Å²) in [5, 5.41) is 21.2. The van der Waals surface area contributed by atoms with E-state index in [-0.39, 0.29) is 17.7 Å². The molecule has 3 rings (SSSR count). The van der Waals surface area contributed by atoms with E-state index in [0.717, 1.165) is 31.4 Å². The van der Waals surface area contributed by atoms with Crippen LogP contribution in [0.15, 0.2) is 24.4 Å². The van der Waals surface area contributed by atoms with Crippen LogP contribution >= 0.6 is 0 Å². The normalized spacial score (nSPS) is 17.4. The van der Waals surface area contributed by atoms with E-state index in [9.17, 15) is 9.90 Å². The largest absolute Gasteiger partial charge is 0.507 e. The van der Waals surface area contributed by atoms with Crippen LogP contribution in [0.4, 0.5) is 0 Å². The molecule has 1 aliphatic heterocycles. The number of nitrogens with zero attached hydrogens (tertiary/aromatic N) is 4. The number of ether oxygens (including phenoxy) is 1. The quantitative estimate of drug-likeness (QED) is 0.706. The molecule has 2 N–H and O–H groups in total. The van der Waals surface area contributed by atoms with Gasteiger partial charge in [-0.3, -0.25) is 14.4 Å². The topological polar surface area (TPSA) is 92.5 Å². The van der Waals surface area contributed by atoms with Crippen LogP contribution in [-0.4, -0.2) is 56.6 Å². The Morgan fingerprint density at radius 3 is 2.93 bits per heavy atom. The van der Waals surface area contributed by atoms with E-state index in [1.54, 1.807) is 24.1 Å². The van der Waals surface area contributed by atoms with Crippen molar-refractivity contribution in [1.29, 1.82) is 0 Å². The zero-order chi connectivity index (χ0) is 20.8. The molecule has 8 heteroatoms. The maximum Gasteiger partial charge on any atom is 0.273 e. The summed E-state index contributed by atoms with van der Waals surface area (Å²) in [7, 11) is 1.59. The summed E-state index contributed by atoms with van der Waals surface area (Å²) >= 11 is 0. The number of nitrogens with one attached hydrogen (secondary N) is 1. The lowest BCUT2D eigenvalue weighted by atomic mass is 9.98. The standard InChI is InChI=1S/C21H31N5O3/c1-15(2)22-21(28)19-14-26(24-23-19)11-9-17-6-4-5-10-25(17)13-16-7-8-18(29-3)12-20(16)27/h7-8,12,14-15,17,27H,4-6,9-11,13H2,1-3H3,(H,22,28)/t17-/m0/s1. The minimum atomic E-state index is -0.194. The zero-order valence-electron chi connectivity index (χ0n) is 17.5. The molecule has 1 aliphatic rings. The molecular formula is C21H31N5O3. The minimum Gasteiger partial charge on any atom is -0.507 e. The predicted molar refractivity (Wildman–Crippen MR) is 110 cm³/mol. The monoisotopic (exact) mass is 401 g/mol. The maximum absolute atomic E-state index is 12.0. The predicted octanol–water partition coefficient (Wildman–Crippen LogP) is 2.58. The number of amides is 1. The molecule has 1 saturated heterocycles. The molecule has 1 aromatic heterocycles.